The lowest BCUT2D eigenvalue weighted by Gasteiger charge is -1.99. The smallest absolute Gasteiger partial charge is 0.326 e. The molecule has 0 aromatic rings. The highest BCUT2D eigenvalue weighted by Gasteiger charge is 2.26. The lowest BCUT2D eigenvalue weighted by molar-refractivity contribution is -0.140. The predicted octanol–water partition coefficient (Wildman–Crippen LogP) is -1.14. The van der Waals surface area contributed by atoms with Crippen LogP contribution in [0.2, 0.25) is 0 Å². The van der Waals surface area contributed by atoms with E-state index < -0.39 is 17.9 Å². The number of carboxylic acids is 1. The summed E-state index contributed by atoms with van der Waals surface area (Å²) in [6, 6.07) is -0.641. The van der Waals surface area contributed by atoms with Crippen LogP contribution in [0, 0.1) is 0 Å². The maximum absolute atomic E-state index is 10.4. The van der Waals surface area contributed by atoms with Gasteiger partial charge in [-0.1, -0.05) is 0 Å². The maximum atomic E-state index is 10.4. The van der Waals surface area contributed by atoms with E-state index in [0.717, 1.165) is 0 Å². The largest absolute Gasteiger partial charge is 0.480 e. The molecule has 0 saturated carbocycles. The van der Waals surface area contributed by atoms with Gasteiger partial charge in [0.25, 0.3) is 0 Å². The number of hydrogen-bond donors (Lipinski definition) is 3. The molecule has 7 heteroatoms. The Morgan fingerprint density at radius 3 is 2.44 bits per heavy atom. The summed E-state index contributed by atoms with van der Waals surface area (Å²) in [4.78, 5) is 30.4. The Kier molecular flexibility index (Phi) is 6.86. The molecular weight excluding hydrogens is 216 g/mol. The summed E-state index contributed by atoms with van der Waals surface area (Å²) in [7, 11) is 0. The monoisotopic (exact) mass is 232 g/mol. The third-order valence-electron chi connectivity index (χ3n) is 1.74. The van der Waals surface area contributed by atoms with Gasteiger partial charge in [0.2, 0.25) is 11.8 Å². The number of nitrogens with one attached hydrogen (secondary N) is 1. The zero-order chi connectivity index (χ0) is 12.6. The topological polar surface area (TPSA) is 119 Å². The van der Waals surface area contributed by atoms with Crippen molar-refractivity contribution >= 4 is 17.8 Å². The number of primary amides is 1. The molecule has 1 aliphatic rings. The van der Waals surface area contributed by atoms with Gasteiger partial charge in [0.15, 0.2) is 0 Å². The third kappa shape index (κ3) is 6.77. The molecule has 0 aliphatic carbocycles. The summed E-state index contributed by atoms with van der Waals surface area (Å²) in [5, 5.41) is 10.6. The Hall–Kier alpha value is -1.63. The summed E-state index contributed by atoms with van der Waals surface area (Å²) in [6.45, 7) is 2.39. The average molecular weight is 232 g/mol. The Bertz CT molecular complexity index is 267. The number of amides is 2. The van der Waals surface area contributed by atoms with Crippen LogP contribution < -0.4 is 11.1 Å². The molecular formula is C9H16N2O5. The van der Waals surface area contributed by atoms with Gasteiger partial charge < -0.3 is 20.9 Å². The number of hydrogen-bond acceptors (Lipinski definition) is 4. The van der Waals surface area contributed by atoms with Crippen molar-refractivity contribution < 1.29 is 24.2 Å². The van der Waals surface area contributed by atoms with Gasteiger partial charge in [-0.05, 0) is 13.3 Å². The fourth-order valence-electron chi connectivity index (χ4n) is 1.00. The number of rotatable bonds is 4. The minimum atomic E-state index is -0.944. The third-order valence-corrected chi connectivity index (χ3v) is 1.74. The highest BCUT2D eigenvalue weighted by Crippen LogP contribution is 2.05. The molecule has 1 heterocycles. The second-order valence-electron chi connectivity index (χ2n) is 3.10. The van der Waals surface area contributed by atoms with Gasteiger partial charge in [-0.25, -0.2) is 4.79 Å². The zero-order valence-corrected chi connectivity index (χ0v) is 9.06. The first kappa shape index (κ1) is 14.4. The number of aliphatic carboxylic acids is 1. The van der Waals surface area contributed by atoms with Gasteiger partial charge in [-0.3, -0.25) is 9.59 Å². The molecule has 1 aliphatic heterocycles. The number of carboxylic acid groups (broad SMARTS) is 1. The van der Waals surface area contributed by atoms with Crippen LogP contribution in [-0.4, -0.2) is 42.1 Å². The Balaban J connectivity index is 0.000000293. The van der Waals surface area contributed by atoms with Crippen molar-refractivity contribution in [1.82, 2.24) is 5.32 Å². The lowest BCUT2D eigenvalue weighted by Crippen LogP contribution is -2.32. The fraction of sp³-hybridized carbons (Fsp3) is 0.667. The second kappa shape index (κ2) is 7.63. The molecule has 0 aromatic carbocycles. The highest BCUT2D eigenvalue weighted by molar-refractivity contribution is 5.87. The van der Waals surface area contributed by atoms with Gasteiger partial charge in [0.1, 0.15) is 12.6 Å². The molecule has 16 heavy (non-hydrogen) atoms. The molecule has 1 fully saturated rings. The van der Waals surface area contributed by atoms with Gasteiger partial charge in [0, 0.05) is 13.0 Å². The average Bonchev–Trinajstić information content (AvgIpc) is 2.63. The van der Waals surface area contributed by atoms with E-state index in [1.807, 2.05) is 6.92 Å². The molecule has 7 nitrogen and oxygen atoms in total. The van der Waals surface area contributed by atoms with Crippen LogP contribution >= 0.6 is 0 Å². The van der Waals surface area contributed by atoms with Crippen LogP contribution in [0.25, 0.3) is 0 Å². The van der Waals surface area contributed by atoms with Crippen LogP contribution in [0.15, 0.2) is 0 Å². The summed E-state index contributed by atoms with van der Waals surface area (Å²) < 4.78 is 4.62. The van der Waals surface area contributed by atoms with Crippen molar-refractivity contribution in [2.45, 2.75) is 25.8 Å². The second-order valence-corrected chi connectivity index (χ2v) is 3.10. The minimum Gasteiger partial charge on any atom is -0.480 e. The zero-order valence-electron chi connectivity index (χ0n) is 9.06. The van der Waals surface area contributed by atoms with E-state index in [2.05, 4.69) is 10.1 Å². The van der Waals surface area contributed by atoms with E-state index >= 15 is 0 Å². The molecule has 0 aromatic heterocycles. The standard InChI is InChI=1S/C5H7NO3.C4H9NO2/c7-4-2-1-3(6-4)5(8)9;1-2-7-3-4(5)6/h3H,1-2H2,(H,6,7)(H,8,9);2-3H2,1H3,(H2,5,6)/t3-;/m0./s1. The molecule has 92 valence electrons. The quantitative estimate of drug-likeness (QED) is 0.566. The Morgan fingerprint density at radius 1 is 1.62 bits per heavy atom. The number of nitrogens with two attached hydrogens (primary N) is 1. The van der Waals surface area contributed by atoms with Crippen LogP contribution in [0.4, 0.5) is 0 Å². The molecule has 0 spiro atoms. The number of ether oxygens (including phenoxy) is 1. The molecule has 0 unspecified atom stereocenters. The van der Waals surface area contributed by atoms with E-state index in [-0.39, 0.29) is 12.5 Å². The Morgan fingerprint density at radius 2 is 2.25 bits per heavy atom. The summed E-state index contributed by atoms with van der Waals surface area (Å²) >= 11 is 0. The van der Waals surface area contributed by atoms with Crippen LogP contribution in [0.1, 0.15) is 19.8 Å². The van der Waals surface area contributed by atoms with Crippen molar-refractivity contribution in [3.05, 3.63) is 0 Å². The first-order valence-electron chi connectivity index (χ1n) is 4.85. The van der Waals surface area contributed by atoms with Crippen molar-refractivity contribution in [2.24, 2.45) is 5.73 Å². The van der Waals surface area contributed by atoms with E-state index in [0.29, 0.717) is 19.4 Å². The molecule has 4 N–H and O–H groups in total. The number of carbonyl (C=O) groups is 3. The minimum absolute atomic E-state index is 0.0382. The molecule has 2 amide bonds. The maximum Gasteiger partial charge on any atom is 0.326 e. The van der Waals surface area contributed by atoms with E-state index in [9.17, 15) is 14.4 Å². The summed E-state index contributed by atoms with van der Waals surface area (Å²) in [5.41, 5.74) is 4.71. The number of carbonyl (C=O) groups excluding carboxylic acids is 2. The summed E-state index contributed by atoms with van der Waals surface area (Å²) in [6.07, 6.45) is 0.769. The molecule has 0 bridgehead atoms. The van der Waals surface area contributed by atoms with Crippen molar-refractivity contribution in [2.75, 3.05) is 13.2 Å². The Labute approximate surface area is 92.9 Å². The SMILES string of the molecule is CCOCC(N)=O.O=C1CC[C@@H](C(=O)O)N1. The van der Waals surface area contributed by atoms with Crippen LogP contribution in [0.3, 0.4) is 0 Å². The van der Waals surface area contributed by atoms with Gasteiger partial charge >= 0.3 is 5.97 Å². The van der Waals surface area contributed by atoms with E-state index in [4.69, 9.17) is 10.8 Å². The van der Waals surface area contributed by atoms with Gasteiger partial charge in [0.05, 0.1) is 0 Å². The van der Waals surface area contributed by atoms with Crippen molar-refractivity contribution in [1.29, 1.82) is 0 Å². The van der Waals surface area contributed by atoms with E-state index in [1.54, 1.807) is 0 Å². The molecule has 0 radical (unpaired) electrons. The van der Waals surface area contributed by atoms with Crippen molar-refractivity contribution in [3.63, 3.8) is 0 Å². The normalized spacial score (nSPS) is 18.3. The first-order valence-corrected chi connectivity index (χ1v) is 4.85. The molecule has 1 rings (SSSR count). The highest BCUT2D eigenvalue weighted by atomic mass is 16.5. The van der Waals surface area contributed by atoms with Crippen LogP contribution in [-0.2, 0) is 19.1 Å². The molecule has 1 saturated heterocycles. The van der Waals surface area contributed by atoms with E-state index in [1.165, 1.54) is 0 Å². The first-order chi connectivity index (χ1) is 7.47. The van der Waals surface area contributed by atoms with Crippen LogP contribution in [0.5, 0.6) is 0 Å². The lowest BCUT2D eigenvalue weighted by atomic mass is 10.2. The summed E-state index contributed by atoms with van der Waals surface area (Å²) in [5.74, 6) is -1.52. The van der Waals surface area contributed by atoms with Gasteiger partial charge in [-0.2, -0.15) is 0 Å². The van der Waals surface area contributed by atoms with Crippen molar-refractivity contribution in [3.8, 4) is 0 Å². The fourth-order valence-corrected chi connectivity index (χ4v) is 1.00. The van der Waals surface area contributed by atoms with Gasteiger partial charge in [-0.15, -0.1) is 0 Å². The predicted molar refractivity (Wildman–Crippen MR) is 54.5 cm³/mol. The molecule has 1 atom stereocenters.